The first-order valence-corrected chi connectivity index (χ1v) is 2.84. The van der Waals surface area contributed by atoms with Crippen LogP contribution in [-0.2, 0) is 0 Å². The summed E-state index contributed by atoms with van der Waals surface area (Å²) in [5.74, 6) is 0. The summed E-state index contributed by atoms with van der Waals surface area (Å²) in [7, 11) is 0. The Bertz CT molecular complexity index is 230. The van der Waals surface area contributed by atoms with E-state index in [4.69, 9.17) is 10.0 Å². The molecule has 0 fully saturated rings. The van der Waals surface area contributed by atoms with Crippen LogP contribution in [0.2, 0.25) is 0 Å². The molecule has 0 amide bonds. The molecule has 2 rings (SSSR count). The lowest BCUT2D eigenvalue weighted by Gasteiger charge is -1.79. The highest BCUT2D eigenvalue weighted by Gasteiger charge is 2.09. The van der Waals surface area contributed by atoms with E-state index in [2.05, 4.69) is 15.2 Å². The first kappa shape index (κ1) is 7.84. The van der Waals surface area contributed by atoms with Crippen molar-refractivity contribution in [2.75, 3.05) is 0 Å². The predicted molar refractivity (Wildman–Crippen MR) is 39.7 cm³/mol. The molecule has 0 aromatic carbocycles. The number of aliphatic imine (C=N–C) groups is 1. The fourth-order valence-corrected chi connectivity index (χ4v) is 0.669. The van der Waals surface area contributed by atoms with E-state index in [9.17, 15) is 0 Å². The molecule has 1 radical (unpaired) electrons. The molecule has 6 heteroatoms. The Hall–Kier alpha value is -1.27. The van der Waals surface area contributed by atoms with Crippen molar-refractivity contribution in [3.8, 4) is 0 Å². The summed E-state index contributed by atoms with van der Waals surface area (Å²) in [6.45, 7) is 0. The Balaban J connectivity index is 0.000000179. The highest BCUT2D eigenvalue weighted by Crippen LogP contribution is 2.22. The molecule has 0 unspecified atom stereocenters. The summed E-state index contributed by atoms with van der Waals surface area (Å²) in [6.07, 6.45) is 5.21. The first-order chi connectivity index (χ1) is 5.38. The van der Waals surface area contributed by atoms with E-state index >= 15 is 0 Å². The third-order valence-corrected chi connectivity index (χ3v) is 1.05. The van der Waals surface area contributed by atoms with Gasteiger partial charge in [-0.15, -0.1) is 5.11 Å². The molecule has 11 heavy (non-hydrogen) atoms. The Kier molecular flexibility index (Phi) is 2.70. The van der Waals surface area contributed by atoms with Crippen LogP contribution in [0.3, 0.4) is 0 Å². The Morgan fingerprint density at radius 1 is 1.27 bits per heavy atom. The van der Waals surface area contributed by atoms with Gasteiger partial charge in [0, 0.05) is 6.21 Å². The van der Waals surface area contributed by atoms with E-state index in [0.29, 0.717) is 0 Å². The summed E-state index contributed by atoms with van der Waals surface area (Å²) in [6, 6.07) is 0. The van der Waals surface area contributed by atoms with Gasteiger partial charge in [-0.25, -0.2) is 0 Å². The molecule has 0 aliphatic carbocycles. The largest absolute Gasteiger partial charge is 0.482 e. The van der Waals surface area contributed by atoms with Gasteiger partial charge < -0.3 is 10.0 Å². The molecule has 0 spiro atoms. The first-order valence-electron chi connectivity index (χ1n) is 2.84. The van der Waals surface area contributed by atoms with Crippen molar-refractivity contribution in [1.29, 1.82) is 0 Å². The molecule has 2 heterocycles. The third-order valence-electron chi connectivity index (χ3n) is 1.05. The van der Waals surface area contributed by atoms with Crippen LogP contribution in [0.1, 0.15) is 0 Å². The third kappa shape index (κ3) is 1.82. The lowest BCUT2D eigenvalue weighted by atomic mass is 10.4. The van der Waals surface area contributed by atoms with Crippen molar-refractivity contribution < 1.29 is 10.0 Å². The van der Waals surface area contributed by atoms with Crippen LogP contribution in [-0.4, -0.2) is 23.9 Å². The standard InChI is InChI=1S/C5H3N3.BH2O2/c1-2-6-5-3-7-8-4(1)5;2-1-3/h1-3H;2-3H. The number of azo groups is 1. The van der Waals surface area contributed by atoms with E-state index in [0.717, 1.165) is 11.4 Å². The average molecular weight is 150 g/mol. The minimum atomic E-state index is 0. The molecule has 2 aliphatic heterocycles. The number of allylic oxidation sites excluding steroid dienone is 1. The normalized spacial score (nSPS) is 16.5. The lowest BCUT2D eigenvalue weighted by Crippen LogP contribution is -1.75. The second-order valence-electron chi connectivity index (χ2n) is 1.68. The quantitative estimate of drug-likeness (QED) is 0.467. The molecule has 55 valence electrons. The van der Waals surface area contributed by atoms with Gasteiger partial charge in [0.15, 0.2) is 0 Å². The number of fused-ring (bicyclic) bond motifs is 1. The van der Waals surface area contributed by atoms with Crippen LogP contribution in [0.5, 0.6) is 0 Å². The summed E-state index contributed by atoms with van der Waals surface area (Å²) in [5.41, 5.74) is 1.76. The van der Waals surface area contributed by atoms with Crippen LogP contribution < -0.4 is 0 Å². The van der Waals surface area contributed by atoms with E-state index in [1.54, 1.807) is 12.4 Å². The van der Waals surface area contributed by atoms with Crippen LogP contribution in [0.15, 0.2) is 38.9 Å². The van der Waals surface area contributed by atoms with Gasteiger partial charge in [0.1, 0.15) is 11.4 Å². The highest BCUT2D eigenvalue weighted by atomic mass is 16.4. The summed E-state index contributed by atoms with van der Waals surface area (Å²) in [4.78, 5) is 3.95. The smallest absolute Gasteiger partial charge is 0.429 e. The summed E-state index contributed by atoms with van der Waals surface area (Å²) in [5, 5.41) is 21.4. The molecular formula is C5H5BN3O2. The number of hydrogen-bond acceptors (Lipinski definition) is 5. The van der Waals surface area contributed by atoms with Gasteiger partial charge >= 0.3 is 7.69 Å². The molecule has 2 aliphatic rings. The lowest BCUT2D eigenvalue weighted by molar-refractivity contribution is 0.448. The molecule has 0 aromatic heterocycles. The molecule has 0 aromatic rings. The molecule has 0 atom stereocenters. The number of rotatable bonds is 0. The Morgan fingerprint density at radius 2 is 2.00 bits per heavy atom. The van der Waals surface area contributed by atoms with Gasteiger partial charge in [0.2, 0.25) is 0 Å². The van der Waals surface area contributed by atoms with Crippen molar-refractivity contribution in [2.24, 2.45) is 15.2 Å². The van der Waals surface area contributed by atoms with Crippen molar-refractivity contribution in [1.82, 2.24) is 0 Å². The van der Waals surface area contributed by atoms with Gasteiger partial charge in [-0.2, -0.15) is 5.11 Å². The zero-order valence-corrected chi connectivity index (χ0v) is 5.55. The molecular weight excluding hydrogens is 145 g/mol. The average Bonchev–Trinajstić information content (AvgIpc) is 2.44. The van der Waals surface area contributed by atoms with Crippen LogP contribution in [0, 0.1) is 0 Å². The zero-order valence-electron chi connectivity index (χ0n) is 5.55. The molecule has 2 N–H and O–H groups in total. The minimum Gasteiger partial charge on any atom is -0.429 e. The second-order valence-corrected chi connectivity index (χ2v) is 1.68. The molecule has 0 bridgehead atoms. The maximum atomic E-state index is 7.00. The maximum Gasteiger partial charge on any atom is 0.482 e. The minimum absolute atomic E-state index is 0. The van der Waals surface area contributed by atoms with Gasteiger partial charge in [-0.05, 0) is 6.08 Å². The van der Waals surface area contributed by atoms with Crippen LogP contribution >= 0.6 is 0 Å². The van der Waals surface area contributed by atoms with Gasteiger partial charge in [-0.1, -0.05) is 0 Å². The maximum absolute atomic E-state index is 7.00. The molecule has 5 nitrogen and oxygen atoms in total. The van der Waals surface area contributed by atoms with Gasteiger partial charge in [-0.3, -0.25) is 4.99 Å². The van der Waals surface area contributed by atoms with Crippen LogP contribution in [0.25, 0.3) is 0 Å². The van der Waals surface area contributed by atoms with E-state index in [-0.39, 0.29) is 7.69 Å². The Labute approximate surface area is 63.8 Å². The summed E-state index contributed by atoms with van der Waals surface area (Å²) < 4.78 is 0. The SMILES string of the molecule is C1=NC2=CN=NC2=C1.O[B]O. The fourth-order valence-electron chi connectivity index (χ4n) is 0.669. The van der Waals surface area contributed by atoms with E-state index in [1.807, 2.05) is 6.08 Å². The Morgan fingerprint density at radius 3 is 2.64 bits per heavy atom. The van der Waals surface area contributed by atoms with Crippen molar-refractivity contribution >= 4 is 13.9 Å². The van der Waals surface area contributed by atoms with E-state index in [1.165, 1.54) is 0 Å². The van der Waals surface area contributed by atoms with Gasteiger partial charge in [0.05, 0.1) is 6.20 Å². The molecule has 0 saturated carbocycles. The fraction of sp³-hybridized carbons (Fsp3) is 0. The number of nitrogens with zero attached hydrogens (tertiary/aromatic N) is 3. The zero-order chi connectivity index (χ0) is 8.10. The topological polar surface area (TPSA) is 77.5 Å². The number of hydrogen-bond donors (Lipinski definition) is 2. The second kappa shape index (κ2) is 3.79. The van der Waals surface area contributed by atoms with Crippen LogP contribution in [0.4, 0.5) is 0 Å². The van der Waals surface area contributed by atoms with Crippen molar-refractivity contribution in [3.05, 3.63) is 23.7 Å². The van der Waals surface area contributed by atoms with Crippen molar-refractivity contribution in [3.63, 3.8) is 0 Å². The predicted octanol–water partition coefficient (Wildman–Crippen LogP) is -0.233. The van der Waals surface area contributed by atoms with Crippen molar-refractivity contribution in [2.45, 2.75) is 0 Å². The monoisotopic (exact) mass is 150 g/mol. The molecule has 0 saturated heterocycles. The summed E-state index contributed by atoms with van der Waals surface area (Å²) >= 11 is 0. The van der Waals surface area contributed by atoms with Gasteiger partial charge in [0.25, 0.3) is 0 Å². The van der Waals surface area contributed by atoms with E-state index < -0.39 is 0 Å². The highest BCUT2D eigenvalue weighted by molar-refractivity contribution is 6.13.